The van der Waals surface area contributed by atoms with Crippen molar-refractivity contribution in [1.29, 1.82) is 0 Å². The first kappa shape index (κ1) is 14.8. The molecule has 1 heterocycles. The van der Waals surface area contributed by atoms with Gasteiger partial charge < -0.3 is 11.1 Å². The molecule has 0 saturated carbocycles. The summed E-state index contributed by atoms with van der Waals surface area (Å²) in [5.41, 5.74) is 9.09. The lowest BCUT2D eigenvalue weighted by molar-refractivity contribution is 0.407. The van der Waals surface area contributed by atoms with Gasteiger partial charge in [0.1, 0.15) is 0 Å². The molecule has 2 rings (SSSR count). The van der Waals surface area contributed by atoms with Crippen molar-refractivity contribution >= 4 is 16.6 Å². The van der Waals surface area contributed by atoms with Gasteiger partial charge in [-0.25, -0.2) is 0 Å². The van der Waals surface area contributed by atoms with Crippen LogP contribution in [0.1, 0.15) is 32.9 Å². The number of hydrogen-bond donors (Lipinski definition) is 2. The van der Waals surface area contributed by atoms with Crippen LogP contribution < -0.4 is 11.1 Å². The van der Waals surface area contributed by atoms with E-state index in [9.17, 15) is 0 Å². The summed E-state index contributed by atoms with van der Waals surface area (Å²) in [7, 11) is 0. The molecule has 0 bridgehead atoms. The van der Waals surface area contributed by atoms with Gasteiger partial charge in [0.2, 0.25) is 0 Å². The molecule has 108 valence electrons. The maximum absolute atomic E-state index is 6.01. The standard InChI is InChI=1S/C17H25N3/c1-12(2)10-17(4,11-18)20-16-9-13(3)19-15-8-6-5-7-14(15)16/h5-9,12H,10-11,18H2,1-4H3,(H,19,20). The number of benzene rings is 1. The van der Waals surface area contributed by atoms with Crippen molar-refractivity contribution in [3.63, 3.8) is 0 Å². The third-order valence-corrected chi connectivity index (χ3v) is 3.59. The number of fused-ring (bicyclic) bond motifs is 1. The van der Waals surface area contributed by atoms with E-state index in [0.29, 0.717) is 12.5 Å². The molecule has 1 aromatic carbocycles. The molecule has 0 spiro atoms. The molecule has 0 aliphatic carbocycles. The van der Waals surface area contributed by atoms with E-state index in [0.717, 1.165) is 28.7 Å². The number of nitrogens with two attached hydrogens (primary N) is 1. The molecule has 0 aliphatic heterocycles. The first-order valence-corrected chi connectivity index (χ1v) is 7.28. The van der Waals surface area contributed by atoms with Crippen LogP contribution in [0.25, 0.3) is 10.9 Å². The van der Waals surface area contributed by atoms with Crippen molar-refractivity contribution in [3.8, 4) is 0 Å². The van der Waals surface area contributed by atoms with Crippen molar-refractivity contribution in [1.82, 2.24) is 4.98 Å². The Morgan fingerprint density at radius 3 is 2.65 bits per heavy atom. The van der Waals surface area contributed by atoms with Gasteiger partial charge in [-0.15, -0.1) is 0 Å². The van der Waals surface area contributed by atoms with Gasteiger partial charge in [0.15, 0.2) is 0 Å². The lowest BCUT2D eigenvalue weighted by Gasteiger charge is -2.33. The molecular formula is C17H25N3. The summed E-state index contributed by atoms with van der Waals surface area (Å²) < 4.78 is 0. The SMILES string of the molecule is Cc1cc(NC(C)(CN)CC(C)C)c2ccccc2n1. The Morgan fingerprint density at radius 2 is 2.00 bits per heavy atom. The van der Waals surface area contributed by atoms with E-state index in [1.807, 2.05) is 19.1 Å². The highest BCUT2D eigenvalue weighted by molar-refractivity contribution is 5.91. The minimum Gasteiger partial charge on any atom is -0.378 e. The van der Waals surface area contributed by atoms with Gasteiger partial charge in [-0.3, -0.25) is 4.98 Å². The first-order chi connectivity index (χ1) is 9.43. The number of nitrogens with zero attached hydrogens (tertiary/aromatic N) is 1. The predicted molar refractivity (Wildman–Crippen MR) is 87.0 cm³/mol. The van der Waals surface area contributed by atoms with Crippen molar-refractivity contribution in [2.75, 3.05) is 11.9 Å². The Hall–Kier alpha value is -1.61. The number of para-hydroxylation sites is 1. The van der Waals surface area contributed by atoms with Crippen LogP contribution >= 0.6 is 0 Å². The lowest BCUT2D eigenvalue weighted by atomic mass is 9.90. The third kappa shape index (κ3) is 3.28. The van der Waals surface area contributed by atoms with Gasteiger partial charge in [-0.05, 0) is 38.3 Å². The molecule has 0 saturated heterocycles. The van der Waals surface area contributed by atoms with E-state index in [1.54, 1.807) is 0 Å². The molecule has 1 aromatic heterocycles. The number of rotatable bonds is 5. The second kappa shape index (κ2) is 5.80. The van der Waals surface area contributed by atoms with Crippen LogP contribution in [0.15, 0.2) is 30.3 Å². The number of anilines is 1. The van der Waals surface area contributed by atoms with Crippen LogP contribution in [-0.2, 0) is 0 Å². The Kier molecular flexibility index (Phi) is 4.29. The molecule has 3 N–H and O–H groups in total. The van der Waals surface area contributed by atoms with Crippen molar-refractivity contribution < 1.29 is 0 Å². The number of nitrogens with one attached hydrogen (secondary N) is 1. The van der Waals surface area contributed by atoms with Gasteiger partial charge in [0.25, 0.3) is 0 Å². The lowest BCUT2D eigenvalue weighted by Crippen LogP contribution is -2.43. The molecule has 20 heavy (non-hydrogen) atoms. The van der Waals surface area contributed by atoms with E-state index in [1.165, 1.54) is 0 Å². The summed E-state index contributed by atoms with van der Waals surface area (Å²) in [6.45, 7) is 9.29. The molecule has 0 fully saturated rings. The zero-order valence-electron chi connectivity index (χ0n) is 12.9. The quantitative estimate of drug-likeness (QED) is 0.871. The second-order valence-corrected chi connectivity index (χ2v) is 6.32. The summed E-state index contributed by atoms with van der Waals surface area (Å²) in [4.78, 5) is 4.58. The number of hydrogen-bond acceptors (Lipinski definition) is 3. The van der Waals surface area contributed by atoms with Crippen LogP contribution in [-0.4, -0.2) is 17.1 Å². The molecule has 0 amide bonds. The number of pyridine rings is 1. The largest absolute Gasteiger partial charge is 0.378 e. The molecule has 0 aliphatic rings. The molecule has 1 unspecified atom stereocenters. The second-order valence-electron chi connectivity index (χ2n) is 6.32. The Morgan fingerprint density at radius 1 is 1.30 bits per heavy atom. The molecule has 3 nitrogen and oxygen atoms in total. The molecule has 3 heteroatoms. The zero-order chi connectivity index (χ0) is 14.8. The Balaban J connectivity index is 2.42. The number of aryl methyl sites for hydroxylation is 1. The fourth-order valence-corrected chi connectivity index (χ4v) is 2.82. The van der Waals surface area contributed by atoms with Crippen LogP contribution in [0.4, 0.5) is 5.69 Å². The summed E-state index contributed by atoms with van der Waals surface area (Å²) in [5.74, 6) is 0.602. The highest BCUT2D eigenvalue weighted by Crippen LogP contribution is 2.28. The first-order valence-electron chi connectivity index (χ1n) is 7.28. The Bertz CT molecular complexity index is 592. The summed E-state index contributed by atoms with van der Waals surface area (Å²) in [5, 5.41) is 4.81. The molecule has 2 aromatic rings. The highest BCUT2D eigenvalue weighted by Gasteiger charge is 2.24. The molecule has 0 radical (unpaired) electrons. The average Bonchev–Trinajstić information content (AvgIpc) is 2.37. The third-order valence-electron chi connectivity index (χ3n) is 3.59. The normalized spacial score (nSPS) is 14.5. The smallest absolute Gasteiger partial charge is 0.0725 e. The van der Waals surface area contributed by atoms with Crippen molar-refractivity contribution in [2.24, 2.45) is 11.7 Å². The van der Waals surface area contributed by atoms with Crippen LogP contribution in [0, 0.1) is 12.8 Å². The van der Waals surface area contributed by atoms with Crippen LogP contribution in [0.2, 0.25) is 0 Å². The maximum atomic E-state index is 6.01. The summed E-state index contributed by atoms with van der Waals surface area (Å²) in [6, 6.07) is 10.3. The van der Waals surface area contributed by atoms with Crippen LogP contribution in [0.5, 0.6) is 0 Å². The molecular weight excluding hydrogens is 246 g/mol. The highest BCUT2D eigenvalue weighted by atomic mass is 15.0. The molecule has 1 atom stereocenters. The van der Waals surface area contributed by atoms with Gasteiger partial charge in [-0.1, -0.05) is 32.0 Å². The van der Waals surface area contributed by atoms with Crippen LogP contribution in [0.3, 0.4) is 0 Å². The summed E-state index contributed by atoms with van der Waals surface area (Å²) >= 11 is 0. The van der Waals surface area contributed by atoms with Gasteiger partial charge in [-0.2, -0.15) is 0 Å². The van der Waals surface area contributed by atoms with Gasteiger partial charge in [0, 0.05) is 28.9 Å². The number of aromatic nitrogens is 1. The Labute approximate surface area is 121 Å². The van der Waals surface area contributed by atoms with Crippen molar-refractivity contribution in [2.45, 2.75) is 39.7 Å². The van der Waals surface area contributed by atoms with E-state index >= 15 is 0 Å². The zero-order valence-corrected chi connectivity index (χ0v) is 12.9. The fraction of sp³-hybridized carbons (Fsp3) is 0.471. The van der Waals surface area contributed by atoms with E-state index in [4.69, 9.17) is 5.73 Å². The van der Waals surface area contributed by atoms with Crippen molar-refractivity contribution in [3.05, 3.63) is 36.0 Å². The van der Waals surface area contributed by atoms with E-state index in [-0.39, 0.29) is 5.54 Å². The average molecular weight is 271 g/mol. The fourth-order valence-electron chi connectivity index (χ4n) is 2.82. The maximum Gasteiger partial charge on any atom is 0.0725 e. The van der Waals surface area contributed by atoms with E-state index < -0.39 is 0 Å². The predicted octanol–water partition coefficient (Wildman–Crippen LogP) is 3.72. The van der Waals surface area contributed by atoms with Gasteiger partial charge >= 0.3 is 0 Å². The summed E-state index contributed by atoms with van der Waals surface area (Å²) in [6.07, 6.45) is 1.04. The van der Waals surface area contributed by atoms with Gasteiger partial charge in [0.05, 0.1) is 5.52 Å². The minimum atomic E-state index is -0.0925. The monoisotopic (exact) mass is 271 g/mol. The topological polar surface area (TPSA) is 50.9 Å². The van der Waals surface area contributed by atoms with E-state index in [2.05, 4.69) is 49.3 Å². The minimum absolute atomic E-state index is 0.0925.